The molecule has 3 rings (SSSR count). The smallest absolute Gasteiger partial charge is 0.161 e. The number of allylic oxidation sites excluding steroid dienone is 3. The number of halogens is 1. The summed E-state index contributed by atoms with van der Waals surface area (Å²) in [6, 6.07) is 7.94. The summed E-state index contributed by atoms with van der Waals surface area (Å²) in [7, 11) is 0. The standard InChI is InChI=1S/C16H14FN3O/c17-10-6-4-9(5-7-10)14-11(8-18)16(19)20-12-2-1-3-13(21)15(12)14/h4-7,14,20H,1-3,19H2. The number of nitrogens with one attached hydrogen (secondary N) is 1. The van der Waals surface area contributed by atoms with E-state index in [9.17, 15) is 14.4 Å². The summed E-state index contributed by atoms with van der Waals surface area (Å²) in [5.41, 5.74) is 8.33. The number of Topliss-reactive ketones (excluding diaryl/α,β-unsaturated/α-hetero) is 1. The molecular formula is C16H14FN3O. The molecule has 0 radical (unpaired) electrons. The van der Waals surface area contributed by atoms with Gasteiger partial charge in [0.1, 0.15) is 11.6 Å². The Hall–Kier alpha value is -2.61. The Bertz CT molecular complexity index is 710. The fourth-order valence-electron chi connectivity index (χ4n) is 2.97. The molecule has 1 atom stereocenters. The van der Waals surface area contributed by atoms with Crippen molar-refractivity contribution >= 4 is 5.78 Å². The van der Waals surface area contributed by atoms with Crippen LogP contribution in [0.15, 0.2) is 46.9 Å². The lowest BCUT2D eigenvalue weighted by Gasteiger charge is -2.32. The molecule has 0 amide bonds. The zero-order valence-corrected chi connectivity index (χ0v) is 11.3. The van der Waals surface area contributed by atoms with E-state index in [2.05, 4.69) is 11.4 Å². The first-order chi connectivity index (χ1) is 10.1. The lowest BCUT2D eigenvalue weighted by atomic mass is 9.76. The number of dihydropyridines is 1. The van der Waals surface area contributed by atoms with Crippen LogP contribution < -0.4 is 11.1 Å². The first-order valence-corrected chi connectivity index (χ1v) is 6.80. The summed E-state index contributed by atoms with van der Waals surface area (Å²) in [6.07, 6.45) is 1.98. The number of hydrogen-bond acceptors (Lipinski definition) is 4. The van der Waals surface area contributed by atoms with Gasteiger partial charge in [0.15, 0.2) is 5.78 Å². The number of nitrogens with zero attached hydrogens (tertiary/aromatic N) is 1. The molecule has 0 bridgehead atoms. The van der Waals surface area contributed by atoms with Crippen molar-refractivity contribution < 1.29 is 9.18 Å². The van der Waals surface area contributed by atoms with Crippen molar-refractivity contribution in [2.45, 2.75) is 25.2 Å². The number of nitriles is 1. The summed E-state index contributed by atoms with van der Waals surface area (Å²) in [4.78, 5) is 12.3. The van der Waals surface area contributed by atoms with Crippen molar-refractivity contribution in [1.29, 1.82) is 5.26 Å². The van der Waals surface area contributed by atoms with E-state index in [1.54, 1.807) is 12.1 Å². The molecule has 0 fully saturated rings. The Kier molecular flexibility index (Phi) is 3.22. The highest BCUT2D eigenvalue weighted by Crippen LogP contribution is 2.40. The second kappa shape index (κ2) is 5.06. The summed E-state index contributed by atoms with van der Waals surface area (Å²) in [5, 5.41) is 12.4. The van der Waals surface area contributed by atoms with Crippen LogP contribution in [0.3, 0.4) is 0 Å². The predicted molar refractivity (Wildman–Crippen MR) is 75.0 cm³/mol. The van der Waals surface area contributed by atoms with Crippen molar-refractivity contribution in [3.05, 3.63) is 58.3 Å². The van der Waals surface area contributed by atoms with Gasteiger partial charge in [-0.1, -0.05) is 12.1 Å². The van der Waals surface area contributed by atoms with Gasteiger partial charge in [0.25, 0.3) is 0 Å². The van der Waals surface area contributed by atoms with Crippen LogP contribution in [-0.2, 0) is 4.79 Å². The van der Waals surface area contributed by atoms with E-state index in [-0.39, 0.29) is 17.4 Å². The monoisotopic (exact) mass is 283 g/mol. The van der Waals surface area contributed by atoms with E-state index in [1.165, 1.54) is 12.1 Å². The fraction of sp³-hybridized carbons (Fsp3) is 0.250. The molecule has 0 spiro atoms. The van der Waals surface area contributed by atoms with Crippen LogP contribution in [0.5, 0.6) is 0 Å². The van der Waals surface area contributed by atoms with Gasteiger partial charge in [0.05, 0.1) is 17.6 Å². The molecule has 4 nitrogen and oxygen atoms in total. The number of benzene rings is 1. The van der Waals surface area contributed by atoms with E-state index < -0.39 is 5.92 Å². The minimum atomic E-state index is -0.500. The van der Waals surface area contributed by atoms with Crippen LogP contribution in [-0.4, -0.2) is 5.78 Å². The van der Waals surface area contributed by atoms with E-state index in [4.69, 9.17) is 5.73 Å². The van der Waals surface area contributed by atoms with Crippen molar-refractivity contribution in [1.82, 2.24) is 5.32 Å². The predicted octanol–water partition coefficient (Wildman–Crippen LogP) is 2.21. The van der Waals surface area contributed by atoms with E-state index in [1.807, 2.05) is 0 Å². The summed E-state index contributed by atoms with van der Waals surface area (Å²) in [5.74, 6) is -0.550. The first-order valence-electron chi connectivity index (χ1n) is 6.80. The van der Waals surface area contributed by atoms with Crippen molar-refractivity contribution in [3.8, 4) is 6.07 Å². The molecule has 2 aliphatic rings. The quantitative estimate of drug-likeness (QED) is 0.828. The number of nitrogens with two attached hydrogens (primary N) is 1. The van der Waals surface area contributed by atoms with Gasteiger partial charge in [0.2, 0.25) is 0 Å². The minimum Gasteiger partial charge on any atom is -0.384 e. The van der Waals surface area contributed by atoms with Gasteiger partial charge in [-0.15, -0.1) is 0 Å². The van der Waals surface area contributed by atoms with E-state index >= 15 is 0 Å². The molecule has 1 unspecified atom stereocenters. The van der Waals surface area contributed by atoms with Crippen LogP contribution in [0.4, 0.5) is 4.39 Å². The zero-order chi connectivity index (χ0) is 15.0. The second-order valence-corrected chi connectivity index (χ2v) is 5.22. The Morgan fingerprint density at radius 2 is 2.00 bits per heavy atom. The Morgan fingerprint density at radius 3 is 2.67 bits per heavy atom. The molecule has 3 N–H and O–H groups in total. The molecule has 0 aromatic heterocycles. The Labute approximate surface area is 121 Å². The zero-order valence-electron chi connectivity index (χ0n) is 11.3. The van der Waals surface area contributed by atoms with Gasteiger partial charge >= 0.3 is 0 Å². The summed E-state index contributed by atoms with van der Waals surface area (Å²) < 4.78 is 13.1. The SMILES string of the molecule is N#CC1=C(N)NC2=C(C(=O)CCC2)C1c1ccc(F)cc1. The third-order valence-corrected chi connectivity index (χ3v) is 3.93. The van der Waals surface area contributed by atoms with Gasteiger partial charge in [-0.3, -0.25) is 4.79 Å². The lowest BCUT2D eigenvalue weighted by Crippen LogP contribution is -2.35. The van der Waals surface area contributed by atoms with Crippen LogP contribution in [0.25, 0.3) is 0 Å². The summed E-state index contributed by atoms with van der Waals surface area (Å²) in [6.45, 7) is 0. The molecule has 21 heavy (non-hydrogen) atoms. The van der Waals surface area contributed by atoms with Gasteiger partial charge in [-0.05, 0) is 30.5 Å². The fourth-order valence-corrected chi connectivity index (χ4v) is 2.97. The van der Waals surface area contributed by atoms with Crippen molar-refractivity contribution in [2.24, 2.45) is 5.73 Å². The van der Waals surface area contributed by atoms with Gasteiger partial charge < -0.3 is 11.1 Å². The maximum Gasteiger partial charge on any atom is 0.161 e. The average Bonchev–Trinajstić information content (AvgIpc) is 2.47. The molecule has 1 aromatic rings. The normalized spacial score (nSPS) is 21.7. The number of rotatable bonds is 1. The van der Waals surface area contributed by atoms with Gasteiger partial charge in [-0.2, -0.15) is 5.26 Å². The van der Waals surface area contributed by atoms with Gasteiger partial charge in [0, 0.05) is 17.7 Å². The summed E-state index contributed by atoms with van der Waals surface area (Å²) >= 11 is 0. The molecule has 106 valence electrons. The minimum absolute atomic E-state index is 0.0262. The molecular weight excluding hydrogens is 269 g/mol. The largest absolute Gasteiger partial charge is 0.384 e. The molecule has 1 aliphatic carbocycles. The molecule has 0 saturated carbocycles. The number of ketones is 1. The lowest BCUT2D eigenvalue weighted by molar-refractivity contribution is -0.116. The molecule has 1 aliphatic heterocycles. The van der Waals surface area contributed by atoms with Crippen LogP contribution in [0, 0.1) is 17.1 Å². The molecule has 1 aromatic carbocycles. The van der Waals surface area contributed by atoms with Crippen LogP contribution in [0.1, 0.15) is 30.7 Å². The van der Waals surface area contributed by atoms with E-state index in [0.29, 0.717) is 23.1 Å². The average molecular weight is 283 g/mol. The van der Waals surface area contributed by atoms with Crippen LogP contribution >= 0.6 is 0 Å². The van der Waals surface area contributed by atoms with Crippen molar-refractivity contribution in [2.75, 3.05) is 0 Å². The Morgan fingerprint density at radius 1 is 1.29 bits per heavy atom. The molecule has 1 heterocycles. The highest BCUT2D eigenvalue weighted by molar-refractivity contribution is 5.99. The van der Waals surface area contributed by atoms with Gasteiger partial charge in [-0.25, -0.2) is 4.39 Å². The highest BCUT2D eigenvalue weighted by atomic mass is 19.1. The first kappa shape index (κ1) is 13.4. The number of carbonyl (C=O) groups is 1. The number of carbonyl (C=O) groups excluding carboxylic acids is 1. The maximum absolute atomic E-state index is 13.1. The third kappa shape index (κ3) is 2.19. The van der Waals surface area contributed by atoms with E-state index in [0.717, 1.165) is 18.5 Å². The molecule has 0 saturated heterocycles. The second-order valence-electron chi connectivity index (χ2n) is 5.22. The number of hydrogen-bond donors (Lipinski definition) is 2. The van der Waals surface area contributed by atoms with Crippen LogP contribution in [0.2, 0.25) is 0 Å². The maximum atomic E-state index is 13.1. The molecule has 5 heteroatoms. The van der Waals surface area contributed by atoms with Crippen molar-refractivity contribution in [3.63, 3.8) is 0 Å². The Balaban J connectivity index is 2.17. The third-order valence-electron chi connectivity index (χ3n) is 3.93. The topological polar surface area (TPSA) is 78.9 Å². The highest BCUT2D eigenvalue weighted by Gasteiger charge is 2.36.